The Balaban J connectivity index is 1.54. The molecule has 0 unspecified atom stereocenters. The maximum absolute atomic E-state index is 14.9. The molecule has 4 nitrogen and oxygen atoms in total. The van der Waals surface area contributed by atoms with E-state index in [0.717, 1.165) is 49.9 Å². The second-order valence-corrected chi connectivity index (χ2v) is 15.8. The Morgan fingerprint density at radius 1 is 0.717 bits per heavy atom. The first-order valence-electron chi connectivity index (χ1n) is 15.9. The van der Waals surface area contributed by atoms with Gasteiger partial charge in [0.15, 0.2) is 4.75 Å². The van der Waals surface area contributed by atoms with Crippen molar-refractivity contribution in [3.63, 3.8) is 0 Å². The highest BCUT2D eigenvalue weighted by Gasteiger charge is 2.62. The fourth-order valence-electron chi connectivity index (χ4n) is 6.96. The highest BCUT2D eigenvalue weighted by molar-refractivity contribution is 8.16. The molecule has 2 heterocycles. The number of hydrogen-bond acceptors (Lipinski definition) is 4. The summed E-state index contributed by atoms with van der Waals surface area (Å²) in [6.45, 7) is 12.7. The second kappa shape index (κ2) is 10.9. The molecule has 7 rings (SSSR count). The molecule has 0 aliphatic carbocycles. The van der Waals surface area contributed by atoms with Crippen LogP contribution in [-0.2, 0) is 15.6 Å². The van der Waals surface area contributed by atoms with Crippen LogP contribution in [0.5, 0.6) is 11.5 Å². The average Bonchev–Trinajstić information content (AvgIpc) is 3.36. The van der Waals surface area contributed by atoms with Crippen LogP contribution in [0.15, 0.2) is 114 Å². The normalized spacial score (nSPS) is 21.3. The minimum absolute atomic E-state index is 0.211. The van der Waals surface area contributed by atoms with Gasteiger partial charge >= 0.3 is 0 Å². The summed E-state index contributed by atoms with van der Waals surface area (Å²) in [5.74, 6) is 0.437. The van der Waals surface area contributed by atoms with Crippen LogP contribution in [0, 0.1) is 0 Å². The molecule has 5 heteroatoms. The number of amides is 1. The first-order chi connectivity index (χ1) is 21.9. The van der Waals surface area contributed by atoms with E-state index in [1.807, 2.05) is 60.7 Å². The van der Waals surface area contributed by atoms with Crippen molar-refractivity contribution in [2.75, 3.05) is 0 Å². The van der Waals surface area contributed by atoms with Crippen LogP contribution >= 0.6 is 11.8 Å². The largest absolute Gasteiger partial charge is 0.507 e. The van der Waals surface area contributed by atoms with E-state index in [9.17, 15) is 9.90 Å². The zero-order chi connectivity index (χ0) is 32.4. The summed E-state index contributed by atoms with van der Waals surface area (Å²) in [5.41, 5.74) is 4.78. The molecule has 232 valence electrons. The minimum atomic E-state index is -1.15. The molecule has 0 fully saturated rings. The van der Waals surface area contributed by atoms with Gasteiger partial charge in [-0.25, -0.2) is 4.99 Å². The maximum atomic E-state index is 14.9. The molecule has 1 spiro atoms. The van der Waals surface area contributed by atoms with Gasteiger partial charge in [0.25, 0.3) is 5.91 Å². The highest BCUT2D eigenvalue weighted by atomic mass is 32.2. The molecule has 2 aliphatic rings. The fourth-order valence-corrected chi connectivity index (χ4v) is 8.47. The maximum Gasteiger partial charge on any atom is 0.268 e. The zero-order valence-electron chi connectivity index (χ0n) is 27.2. The third kappa shape index (κ3) is 4.93. The quantitative estimate of drug-likeness (QED) is 0.217. The smallest absolute Gasteiger partial charge is 0.268 e. The predicted molar refractivity (Wildman–Crippen MR) is 189 cm³/mol. The van der Waals surface area contributed by atoms with Gasteiger partial charge in [-0.1, -0.05) is 150 Å². The summed E-state index contributed by atoms with van der Waals surface area (Å²) in [7, 11) is 0. The third-order valence-corrected chi connectivity index (χ3v) is 10.8. The number of fused-ring (bicyclic) bond motifs is 2. The lowest BCUT2D eigenvalue weighted by molar-refractivity contribution is -0.123. The Morgan fingerprint density at radius 3 is 2.00 bits per heavy atom. The van der Waals surface area contributed by atoms with E-state index in [0.29, 0.717) is 10.8 Å². The van der Waals surface area contributed by atoms with Crippen LogP contribution in [0.3, 0.4) is 0 Å². The van der Waals surface area contributed by atoms with E-state index in [4.69, 9.17) is 9.73 Å². The van der Waals surface area contributed by atoms with Gasteiger partial charge in [-0.2, -0.15) is 0 Å². The molecule has 5 aromatic rings. The number of thioether (sulfide) groups is 1. The molecule has 3 atom stereocenters. The molecule has 0 aromatic heterocycles. The van der Waals surface area contributed by atoms with Gasteiger partial charge in [0.05, 0.1) is 0 Å². The Bertz CT molecular complexity index is 1980. The standard InChI is InChI=1S/C41H39NO3S/c1-39(2,3)31-23-29(24-32(35(31)43)40(4,5)6)34-30-18-12-13-19-33(30)45-36(28-21-20-25-14-10-11-17-27(25)22-28)41(34)38(44)42-37(46-41)26-15-8-7-9-16-26/h7-24,34,36,43H,1-6H3/t34-,36-,41-/m1/s1. The monoisotopic (exact) mass is 625 g/mol. The molecule has 0 radical (unpaired) electrons. The Kier molecular flexibility index (Phi) is 7.17. The first kappa shape index (κ1) is 30.3. The molecule has 5 aromatic carbocycles. The van der Waals surface area contributed by atoms with Crippen LogP contribution in [0.4, 0.5) is 0 Å². The van der Waals surface area contributed by atoms with Gasteiger partial charge in [0.1, 0.15) is 22.6 Å². The second-order valence-electron chi connectivity index (χ2n) is 14.5. The average molecular weight is 626 g/mol. The van der Waals surface area contributed by atoms with Crippen molar-refractivity contribution >= 4 is 33.5 Å². The number of hydrogen-bond donors (Lipinski definition) is 1. The highest BCUT2D eigenvalue weighted by Crippen LogP contribution is 2.62. The van der Waals surface area contributed by atoms with Crippen molar-refractivity contribution in [3.05, 3.63) is 143 Å². The SMILES string of the molecule is CC(C)(C)c1cc([C@@H]2c3ccccc3O[C@H](c3ccc4ccccc4c3)[C@]23SC(c2ccccc2)=NC3=O)cc(C(C)(C)C)c1O. The third-order valence-electron chi connectivity index (χ3n) is 9.27. The van der Waals surface area contributed by atoms with Crippen LogP contribution in [0.2, 0.25) is 0 Å². The molecule has 0 bridgehead atoms. The molecule has 1 N–H and O–H groups in total. The number of carbonyl (C=O) groups is 1. The van der Waals surface area contributed by atoms with Crippen molar-refractivity contribution < 1.29 is 14.6 Å². The van der Waals surface area contributed by atoms with Gasteiger partial charge < -0.3 is 9.84 Å². The number of phenols is 1. The number of ether oxygens (including phenoxy) is 1. The lowest BCUT2D eigenvalue weighted by Crippen LogP contribution is -2.49. The Hall–Kier alpha value is -4.35. The van der Waals surface area contributed by atoms with Crippen molar-refractivity contribution in [1.29, 1.82) is 0 Å². The number of rotatable bonds is 3. The minimum Gasteiger partial charge on any atom is -0.507 e. The Morgan fingerprint density at radius 2 is 1.33 bits per heavy atom. The summed E-state index contributed by atoms with van der Waals surface area (Å²) in [6.07, 6.45) is -0.635. The van der Waals surface area contributed by atoms with Gasteiger partial charge in [-0.15, -0.1) is 0 Å². The predicted octanol–water partition coefficient (Wildman–Crippen LogP) is 9.86. The zero-order valence-corrected chi connectivity index (χ0v) is 28.0. The number of phenolic OH excluding ortho intramolecular Hbond substituents is 1. The van der Waals surface area contributed by atoms with E-state index >= 15 is 0 Å². The number of carbonyl (C=O) groups excluding carboxylic acids is 1. The van der Waals surface area contributed by atoms with Crippen LogP contribution < -0.4 is 4.74 Å². The van der Waals surface area contributed by atoms with Crippen LogP contribution in [0.25, 0.3) is 10.8 Å². The summed E-state index contributed by atoms with van der Waals surface area (Å²) in [4.78, 5) is 19.7. The molecule has 2 aliphatic heterocycles. The van der Waals surface area contributed by atoms with Gasteiger partial charge in [-0.3, -0.25) is 4.79 Å². The topological polar surface area (TPSA) is 58.9 Å². The Labute approximate surface area is 275 Å². The van der Waals surface area contributed by atoms with Crippen molar-refractivity contribution in [1.82, 2.24) is 0 Å². The number of para-hydroxylation sites is 1. The van der Waals surface area contributed by atoms with E-state index in [-0.39, 0.29) is 16.7 Å². The van der Waals surface area contributed by atoms with Gasteiger partial charge in [0, 0.05) is 17.0 Å². The van der Waals surface area contributed by atoms with E-state index in [1.165, 1.54) is 11.8 Å². The molecule has 0 saturated carbocycles. The van der Waals surface area contributed by atoms with Crippen LogP contribution in [-0.4, -0.2) is 20.8 Å². The van der Waals surface area contributed by atoms with Gasteiger partial charge in [0.2, 0.25) is 0 Å². The lowest BCUT2D eigenvalue weighted by Gasteiger charge is -2.46. The fraction of sp³-hybridized carbons (Fsp3) is 0.268. The summed E-state index contributed by atoms with van der Waals surface area (Å²) in [5, 5.41) is 14.6. The molecule has 46 heavy (non-hydrogen) atoms. The summed E-state index contributed by atoms with van der Waals surface area (Å²) in [6, 6.07) is 36.9. The van der Waals surface area contributed by atoms with Crippen molar-refractivity contribution in [3.8, 4) is 11.5 Å². The lowest BCUT2D eigenvalue weighted by atomic mass is 9.70. The number of benzene rings is 5. The summed E-state index contributed by atoms with van der Waals surface area (Å²) >= 11 is 1.51. The molecular weight excluding hydrogens is 587 g/mol. The van der Waals surface area contributed by atoms with Crippen LogP contribution in [0.1, 0.15) is 86.9 Å². The van der Waals surface area contributed by atoms with E-state index < -0.39 is 16.8 Å². The number of aliphatic imine (C=N–C) groups is 1. The molecule has 1 amide bonds. The number of nitrogens with zero attached hydrogens (tertiary/aromatic N) is 1. The van der Waals surface area contributed by atoms with Crippen molar-refractivity contribution in [2.24, 2.45) is 4.99 Å². The van der Waals surface area contributed by atoms with E-state index in [2.05, 4.69) is 90.1 Å². The van der Waals surface area contributed by atoms with E-state index in [1.54, 1.807) is 0 Å². The molecule has 0 saturated heterocycles. The first-order valence-corrected chi connectivity index (χ1v) is 16.7. The summed E-state index contributed by atoms with van der Waals surface area (Å²) < 4.78 is 5.82. The molecular formula is C41H39NO3S. The van der Waals surface area contributed by atoms with Gasteiger partial charge in [-0.05, 0) is 56.0 Å². The van der Waals surface area contributed by atoms with Crippen molar-refractivity contribution in [2.45, 2.75) is 69.1 Å². The number of aromatic hydroxyl groups is 1.